The molecule has 2 aromatic rings. The van der Waals surface area contributed by atoms with Gasteiger partial charge in [-0.25, -0.2) is 18.4 Å². The molecule has 0 aliphatic carbocycles. The molecule has 1 unspecified atom stereocenters. The van der Waals surface area contributed by atoms with E-state index in [2.05, 4.69) is 26.8 Å². The molecule has 0 N–H and O–H groups in total. The fourth-order valence-electron chi connectivity index (χ4n) is 3.73. The van der Waals surface area contributed by atoms with Gasteiger partial charge in [-0.15, -0.1) is 0 Å². The second-order valence-corrected chi connectivity index (χ2v) is 12.5. The SMILES string of the molecule is CN1CCN(c2ccc(N3C=NC(c4ccc(S(C)(=O)=O)cc4)=NC3C(Cl)(Cl)Cl)cc2)CC1. The van der Waals surface area contributed by atoms with E-state index in [4.69, 9.17) is 34.8 Å². The summed E-state index contributed by atoms with van der Waals surface area (Å²) in [6.45, 7) is 4.00. The van der Waals surface area contributed by atoms with Crippen LogP contribution < -0.4 is 9.80 Å². The lowest BCUT2D eigenvalue weighted by Crippen LogP contribution is -2.45. The van der Waals surface area contributed by atoms with Crippen LogP contribution in [0.5, 0.6) is 0 Å². The predicted octanol–water partition coefficient (Wildman–Crippen LogP) is 3.83. The summed E-state index contributed by atoms with van der Waals surface area (Å²) in [5.74, 6) is 0.358. The molecule has 4 rings (SSSR count). The quantitative estimate of drug-likeness (QED) is 0.564. The van der Waals surface area contributed by atoms with Gasteiger partial charge >= 0.3 is 0 Å². The Morgan fingerprint density at radius 1 is 0.909 bits per heavy atom. The molecule has 0 amide bonds. The molecule has 0 saturated carbocycles. The van der Waals surface area contributed by atoms with Crippen LogP contribution >= 0.6 is 34.8 Å². The van der Waals surface area contributed by atoms with Crippen molar-refractivity contribution in [3.05, 3.63) is 54.1 Å². The normalized spacial score (nSPS) is 20.2. The lowest BCUT2D eigenvalue weighted by Gasteiger charge is -2.36. The number of hydrogen-bond donors (Lipinski definition) is 0. The van der Waals surface area contributed by atoms with Crippen LogP contribution in [0.3, 0.4) is 0 Å². The fourth-order valence-corrected chi connectivity index (χ4v) is 4.82. The second-order valence-electron chi connectivity index (χ2n) is 8.12. The van der Waals surface area contributed by atoms with E-state index in [0.717, 1.165) is 43.8 Å². The third-order valence-electron chi connectivity index (χ3n) is 5.66. The fraction of sp³-hybridized carbons (Fsp3) is 0.364. The van der Waals surface area contributed by atoms with Gasteiger partial charge in [-0.2, -0.15) is 0 Å². The Balaban J connectivity index is 1.58. The van der Waals surface area contributed by atoms with Gasteiger partial charge in [0.25, 0.3) is 0 Å². The Kier molecular flexibility index (Phi) is 6.94. The first-order chi connectivity index (χ1) is 15.5. The molecule has 11 heteroatoms. The second kappa shape index (κ2) is 9.43. The van der Waals surface area contributed by atoms with E-state index >= 15 is 0 Å². The van der Waals surface area contributed by atoms with E-state index in [-0.39, 0.29) is 4.90 Å². The van der Waals surface area contributed by atoms with E-state index < -0.39 is 19.8 Å². The first kappa shape index (κ1) is 24.3. The molecular formula is C22H24Cl3N5O2S. The average molecular weight is 529 g/mol. The number of piperazine rings is 1. The summed E-state index contributed by atoms with van der Waals surface area (Å²) in [6, 6.07) is 14.3. The summed E-state index contributed by atoms with van der Waals surface area (Å²) >= 11 is 18.9. The third-order valence-corrected chi connectivity index (χ3v) is 7.38. The van der Waals surface area contributed by atoms with Crippen molar-refractivity contribution in [2.24, 2.45) is 9.98 Å². The Labute approximate surface area is 209 Å². The van der Waals surface area contributed by atoms with Gasteiger partial charge in [-0.05, 0) is 55.6 Å². The number of rotatable bonds is 4. The van der Waals surface area contributed by atoms with Gasteiger partial charge < -0.3 is 14.7 Å². The van der Waals surface area contributed by atoms with Crippen molar-refractivity contribution in [2.45, 2.75) is 14.9 Å². The summed E-state index contributed by atoms with van der Waals surface area (Å²) in [4.78, 5) is 15.6. The first-order valence-electron chi connectivity index (χ1n) is 10.3. The molecule has 2 aromatic carbocycles. The minimum Gasteiger partial charge on any atom is -0.369 e. The van der Waals surface area contributed by atoms with E-state index in [0.29, 0.717) is 11.4 Å². The number of anilines is 2. The highest BCUT2D eigenvalue weighted by Crippen LogP contribution is 2.38. The van der Waals surface area contributed by atoms with E-state index in [1.807, 2.05) is 24.3 Å². The number of benzene rings is 2. The zero-order valence-corrected chi connectivity index (χ0v) is 21.3. The van der Waals surface area contributed by atoms with Crippen molar-refractivity contribution in [1.29, 1.82) is 0 Å². The van der Waals surface area contributed by atoms with Gasteiger partial charge in [0, 0.05) is 49.4 Å². The lowest BCUT2D eigenvalue weighted by atomic mass is 10.2. The highest BCUT2D eigenvalue weighted by molar-refractivity contribution is 7.90. The number of sulfone groups is 1. The molecule has 0 radical (unpaired) electrons. The van der Waals surface area contributed by atoms with E-state index in [1.54, 1.807) is 23.4 Å². The zero-order chi connectivity index (χ0) is 23.8. The number of aliphatic imine (C=N–C) groups is 2. The Morgan fingerprint density at radius 3 is 2.03 bits per heavy atom. The van der Waals surface area contributed by atoms with E-state index in [1.165, 1.54) is 12.1 Å². The average Bonchev–Trinajstić information content (AvgIpc) is 2.78. The summed E-state index contributed by atoms with van der Waals surface area (Å²) in [5.41, 5.74) is 2.56. The smallest absolute Gasteiger partial charge is 0.231 e. The van der Waals surface area contributed by atoms with Crippen molar-refractivity contribution >= 4 is 68.2 Å². The lowest BCUT2D eigenvalue weighted by molar-refractivity contribution is 0.313. The third kappa shape index (κ3) is 5.63. The van der Waals surface area contributed by atoms with Gasteiger partial charge in [-0.1, -0.05) is 34.8 Å². The summed E-state index contributed by atoms with van der Waals surface area (Å²) in [6.07, 6.45) is 1.90. The molecule has 33 heavy (non-hydrogen) atoms. The topological polar surface area (TPSA) is 68.6 Å². The molecule has 1 saturated heterocycles. The van der Waals surface area contributed by atoms with Crippen LogP contribution in [-0.4, -0.2) is 74.9 Å². The van der Waals surface area contributed by atoms with Crippen LogP contribution in [0.1, 0.15) is 5.56 Å². The number of halogens is 3. The van der Waals surface area contributed by atoms with Crippen LogP contribution in [0.2, 0.25) is 0 Å². The molecule has 1 fully saturated rings. The van der Waals surface area contributed by atoms with Crippen molar-refractivity contribution < 1.29 is 8.42 Å². The van der Waals surface area contributed by atoms with Crippen LogP contribution in [0.15, 0.2) is 63.4 Å². The summed E-state index contributed by atoms with van der Waals surface area (Å²) < 4.78 is 21.7. The van der Waals surface area contributed by atoms with Crippen LogP contribution in [0.25, 0.3) is 0 Å². The largest absolute Gasteiger partial charge is 0.369 e. The Hall–Kier alpha value is -1.84. The van der Waals surface area contributed by atoms with Crippen LogP contribution in [0.4, 0.5) is 11.4 Å². The molecule has 0 bridgehead atoms. The summed E-state index contributed by atoms with van der Waals surface area (Å²) in [5, 5.41) is 0. The highest BCUT2D eigenvalue weighted by atomic mass is 35.6. The van der Waals surface area contributed by atoms with Gasteiger partial charge in [0.1, 0.15) is 0 Å². The molecule has 7 nitrogen and oxygen atoms in total. The van der Waals surface area contributed by atoms with Crippen LogP contribution in [0, 0.1) is 0 Å². The molecule has 176 valence electrons. The zero-order valence-electron chi connectivity index (χ0n) is 18.2. The number of amidine groups is 1. The van der Waals surface area contributed by atoms with Crippen molar-refractivity contribution in [3.8, 4) is 0 Å². The van der Waals surface area contributed by atoms with Gasteiger partial charge in [0.05, 0.1) is 11.2 Å². The van der Waals surface area contributed by atoms with Crippen molar-refractivity contribution in [1.82, 2.24) is 4.90 Å². The molecule has 0 spiro atoms. The van der Waals surface area contributed by atoms with Crippen molar-refractivity contribution in [3.63, 3.8) is 0 Å². The Bertz CT molecular complexity index is 1150. The molecule has 0 aromatic heterocycles. The maximum absolute atomic E-state index is 11.7. The maximum atomic E-state index is 11.7. The molecule has 1 atom stereocenters. The monoisotopic (exact) mass is 527 g/mol. The molecule has 2 aliphatic heterocycles. The van der Waals surface area contributed by atoms with Crippen LogP contribution in [-0.2, 0) is 9.84 Å². The number of likely N-dealkylation sites (N-methyl/N-ethyl adjacent to an activating group) is 1. The highest BCUT2D eigenvalue weighted by Gasteiger charge is 2.39. The Morgan fingerprint density at radius 2 is 1.48 bits per heavy atom. The van der Waals surface area contributed by atoms with E-state index in [9.17, 15) is 8.42 Å². The maximum Gasteiger partial charge on any atom is 0.231 e. The first-order valence-corrected chi connectivity index (χ1v) is 13.4. The summed E-state index contributed by atoms with van der Waals surface area (Å²) in [7, 11) is -1.17. The van der Waals surface area contributed by atoms with Gasteiger partial charge in [0.15, 0.2) is 21.8 Å². The number of nitrogens with zero attached hydrogens (tertiary/aromatic N) is 5. The van der Waals surface area contributed by atoms with Crippen molar-refractivity contribution in [2.75, 3.05) is 49.3 Å². The molecule has 2 aliphatic rings. The standard InChI is InChI=1S/C22H24Cl3N5O2S/c1-28-11-13-29(14-12-28)17-5-7-18(8-6-17)30-15-26-20(27-21(30)22(23,24)25)16-3-9-19(10-4-16)33(2,31)32/h3-10,15,21H,11-14H2,1-2H3. The molecular weight excluding hydrogens is 505 g/mol. The molecule has 2 heterocycles. The van der Waals surface area contributed by atoms with Gasteiger partial charge in [-0.3, -0.25) is 0 Å². The minimum absolute atomic E-state index is 0.214. The van der Waals surface area contributed by atoms with Gasteiger partial charge in [0.2, 0.25) is 3.79 Å². The number of hydrogen-bond acceptors (Lipinski definition) is 7. The predicted molar refractivity (Wildman–Crippen MR) is 137 cm³/mol. The minimum atomic E-state index is -3.30. The number of alkyl halides is 3.